The lowest BCUT2D eigenvalue weighted by Gasteiger charge is -2.35. The fourth-order valence-electron chi connectivity index (χ4n) is 5.36. The maximum absolute atomic E-state index is 13.2. The highest BCUT2D eigenvalue weighted by atomic mass is 16.5. The molecule has 9 heteroatoms. The Kier molecular flexibility index (Phi) is 7.46. The third-order valence-corrected chi connectivity index (χ3v) is 7.06. The van der Waals surface area contributed by atoms with E-state index in [0.717, 1.165) is 59.5 Å². The van der Waals surface area contributed by atoms with Crippen molar-refractivity contribution >= 4 is 10.9 Å². The lowest BCUT2D eigenvalue weighted by Crippen LogP contribution is -2.39. The van der Waals surface area contributed by atoms with Gasteiger partial charge in [0.15, 0.2) is 5.82 Å². The number of ether oxygens (including phenoxy) is 1. The van der Waals surface area contributed by atoms with E-state index in [9.17, 15) is 4.79 Å². The molecule has 1 saturated carbocycles. The molecule has 4 aromatic rings. The Hall–Kier alpha value is -3.46. The average molecular weight is 491 g/mol. The molecular formula is C27H34N6O3. The van der Waals surface area contributed by atoms with E-state index < -0.39 is 0 Å². The summed E-state index contributed by atoms with van der Waals surface area (Å²) in [5, 5.41) is 13.7. The molecule has 1 aliphatic rings. The predicted octanol–water partition coefficient (Wildman–Crippen LogP) is 4.84. The van der Waals surface area contributed by atoms with Gasteiger partial charge in [-0.2, -0.15) is 0 Å². The molecule has 3 heterocycles. The summed E-state index contributed by atoms with van der Waals surface area (Å²) in [5.74, 6) is 2.43. The summed E-state index contributed by atoms with van der Waals surface area (Å²) in [6, 6.07) is 12.0. The molecule has 0 spiro atoms. The number of fused-ring (bicyclic) bond motifs is 1. The second-order valence-corrected chi connectivity index (χ2v) is 9.49. The van der Waals surface area contributed by atoms with Gasteiger partial charge < -0.3 is 14.1 Å². The van der Waals surface area contributed by atoms with Crippen molar-refractivity contribution in [1.29, 1.82) is 0 Å². The molecule has 1 atom stereocenters. The van der Waals surface area contributed by atoms with Crippen molar-refractivity contribution in [3.63, 3.8) is 0 Å². The van der Waals surface area contributed by atoms with E-state index in [2.05, 4.69) is 32.3 Å². The topological polar surface area (TPSA) is 102 Å². The zero-order valence-electron chi connectivity index (χ0n) is 21.0. The third-order valence-electron chi connectivity index (χ3n) is 7.06. The number of aromatic amines is 1. The van der Waals surface area contributed by atoms with E-state index in [1.54, 1.807) is 6.26 Å². The molecule has 1 aliphatic carbocycles. The number of aromatic nitrogens is 5. The Balaban J connectivity index is 1.51. The van der Waals surface area contributed by atoms with Gasteiger partial charge in [-0.3, -0.25) is 9.69 Å². The lowest BCUT2D eigenvalue weighted by molar-refractivity contribution is 0.108. The van der Waals surface area contributed by atoms with Gasteiger partial charge >= 0.3 is 0 Å². The smallest absolute Gasteiger partial charge is 0.252 e. The molecule has 3 aromatic heterocycles. The Morgan fingerprint density at radius 1 is 1.22 bits per heavy atom. The number of tetrazole rings is 1. The highest BCUT2D eigenvalue weighted by Gasteiger charge is 2.33. The Labute approximate surface area is 210 Å². The fourth-order valence-corrected chi connectivity index (χ4v) is 5.36. The van der Waals surface area contributed by atoms with Gasteiger partial charge in [-0.1, -0.05) is 26.2 Å². The summed E-state index contributed by atoms with van der Waals surface area (Å²) < 4.78 is 13.1. The highest BCUT2D eigenvalue weighted by Crippen LogP contribution is 2.34. The van der Waals surface area contributed by atoms with Crippen molar-refractivity contribution in [3.8, 4) is 5.75 Å². The van der Waals surface area contributed by atoms with E-state index in [0.29, 0.717) is 25.7 Å². The van der Waals surface area contributed by atoms with Gasteiger partial charge in [0.1, 0.15) is 18.1 Å². The molecule has 1 unspecified atom stereocenters. The summed E-state index contributed by atoms with van der Waals surface area (Å²) >= 11 is 0. The number of pyridine rings is 1. The standard InChI is InChI=1S/C27H34N6O3/c1-3-8-25(26-29-30-31-33(26)18-23-11-7-14-36-23)32(21-9-5-6-10-21)17-20-15-19-16-22(35-4-2)12-13-24(19)28-27(20)34/h7,11-16,21,25H,3-6,8-10,17-18H2,1-2H3,(H,28,34). The van der Waals surface area contributed by atoms with Crippen LogP contribution in [0, 0.1) is 0 Å². The predicted molar refractivity (Wildman–Crippen MR) is 137 cm³/mol. The van der Waals surface area contributed by atoms with Gasteiger partial charge in [0, 0.05) is 29.1 Å². The minimum Gasteiger partial charge on any atom is -0.494 e. The highest BCUT2D eigenvalue weighted by molar-refractivity contribution is 5.80. The van der Waals surface area contributed by atoms with Gasteiger partial charge in [-0.15, -0.1) is 5.10 Å². The van der Waals surface area contributed by atoms with Gasteiger partial charge in [-0.05, 0) is 73.0 Å². The van der Waals surface area contributed by atoms with Gasteiger partial charge in [0.05, 0.1) is 18.9 Å². The van der Waals surface area contributed by atoms with E-state index in [-0.39, 0.29) is 11.6 Å². The molecule has 0 aliphatic heterocycles. The molecular weight excluding hydrogens is 456 g/mol. The zero-order chi connectivity index (χ0) is 24.9. The molecule has 9 nitrogen and oxygen atoms in total. The molecule has 1 aromatic carbocycles. The number of rotatable bonds is 11. The first-order valence-corrected chi connectivity index (χ1v) is 13.0. The molecule has 0 bridgehead atoms. The number of furan rings is 1. The number of nitrogens with zero attached hydrogens (tertiary/aromatic N) is 5. The van der Waals surface area contributed by atoms with Gasteiger partial charge in [0.2, 0.25) is 0 Å². The van der Waals surface area contributed by atoms with Crippen LogP contribution >= 0.6 is 0 Å². The van der Waals surface area contributed by atoms with Crippen LogP contribution in [-0.2, 0) is 13.1 Å². The summed E-state index contributed by atoms with van der Waals surface area (Å²) in [5.41, 5.74) is 1.50. The number of benzene rings is 1. The molecule has 1 fully saturated rings. The van der Waals surface area contributed by atoms with Crippen molar-refractivity contribution in [3.05, 3.63) is 70.2 Å². The Bertz CT molecular complexity index is 1320. The van der Waals surface area contributed by atoms with Crippen molar-refractivity contribution in [2.45, 2.75) is 77.5 Å². The first kappa shape index (κ1) is 24.2. The van der Waals surface area contributed by atoms with E-state index in [1.165, 1.54) is 12.8 Å². The van der Waals surface area contributed by atoms with E-state index >= 15 is 0 Å². The maximum atomic E-state index is 13.2. The third kappa shape index (κ3) is 5.21. The molecule has 5 rings (SSSR count). The summed E-state index contributed by atoms with van der Waals surface area (Å²) in [4.78, 5) is 18.7. The minimum atomic E-state index is -0.0555. The summed E-state index contributed by atoms with van der Waals surface area (Å²) in [7, 11) is 0. The second-order valence-electron chi connectivity index (χ2n) is 9.49. The number of hydrogen-bond acceptors (Lipinski definition) is 7. The second kappa shape index (κ2) is 11.1. The van der Waals surface area contributed by atoms with Crippen molar-refractivity contribution in [2.24, 2.45) is 0 Å². The number of hydrogen-bond donors (Lipinski definition) is 1. The van der Waals surface area contributed by atoms with Crippen LogP contribution in [-0.4, -0.2) is 42.7 Å². The van der Waals surface area contributed by atoms with Crippen molar-refractivity contribution in [2.75, 3.05) is 6.61 Å². The monoisotopic (exact) mass is 490 g/mol. The average Bonchev–Trinajstić information content (AvgIpc) is 3.66. The Morgan fingerprint density at radius 2 is 2.08 bits per heavy atom. The first-order valence-electron chi connectivity index (χ1n) is 13.0. The molecule has 190 valence electrons. The molecule has 1 N–H and O–H groups in total. The van der Waals surface area contributed by atoms with Crippen molar-refractivity contribution in [1.82, 2.24) is 30.1 Å². The number of H-pyrrole nitrogens is 1. The lowest BCUT2D eigenvalue weighted by atomic mass is 10.0. The molecule has 0 saturated heterocycles. The SMILES string of the molecule is CCCC(c1nnnn1Cc1ccco1)N(Cc1cc2cc(OCC)ccc2[nH]c1=O)C1CCCC1. The molecule has 36 heavy (non-hydrogen) atoms. The first-order chi connectivity index (χ1) is 17.7. The van der Waals surface area contributed by atoms with Gasteiger partial charge in [-0.25, -0.2) is 4.68 Å². The van der Waals surface area contributed by atoms with Crippen molar-refractivity contribution < 1.29 is 9.15 Å². The molecule has 0 radical (unpaired) electrons. The van der Waals surface area contributed by atoms with Crippen LogP contribution in [0.5, 0.6) is 5.75 Å². The van der Waals surface area contributed by atoms with Crippen LogP contribution < -0.4 is 10.3 Å². The van der Waals surface area contributed by atoms with E-state index in [4.69, 9.17) is 9.15 Å². The fraction of sp³-hybridized carbons (Fsp3) is 0.481. The van der Waals surface area contributed by atoms with Crippen LogP contribution in [0.4, 0.5) is 0 Å². The van der Waals surface area contributed by atoms with Crippen LogP contribution in [0.3, 0.4) is 0 Å². The van der Waals surface area contributed by atoms with Crippen LogP contribution in [0.2, 0.25) is 0 Å². The maximum Gasteiger partial charge on any atom is 0.252 e. The van der Waals surface area contributed by atoms with Crippen LogP contribution in [0.1, 0.15) is 75.6 Å². The van der Waals surface area contributed by atoms with E-state index in [1.807, 2.05) is 48.0 Å². The normalized spacial score (nSPS) is 15.2. The largest absolute Gasteiger partial charge is 0.494 e. The number of nitrogens with one attached hydrogen (secondary N) is 1. The van der Waals surface area contributed by atoms with Gasteiger partial charge in [0.25, 0.3) is 5.56 Å². The summed E-state index contributed by atoms with van der Waals surface area (Å²) in [6.45, 7) is 5.76. The van der Waals surface area contributed by atoms with Crippen LogP contribution in [0.25, 0.3) is 10.9 Å². The quantitative estimate of drug-likeness (QED) is 0.321. The Morgan fingerprint density at radius 3 is 2.83 bits per heavy atom. The summed E-state index contributed by atoms with van der Waals surface area (Å²) in [6.07, 6.45) is 8.16. The van der Waals surface area contributed by atoms with Crippen LogP contribution in [0.15, 0.2) is 51.9 Å². The minimum absolute atomic E-state index is 0.00656. The zero-order valence-corrected chi connectivity index (χ0v) is 21.0. The molecule has 0 amide bonds.